The predicted octanol–water partition coefficient (Wildman–Crippen LogP) is 0.700. The van der Waals surface area contributed by atoms with Crippen molar-refractivity contribution in [2.45, 2.75) is 12.0 Å². The van der Waals surface area contributed by atoms with Crippen molar-refractivity contribution in [1.82, 2.24) is 19.9 Å². The maximum Gasteiger partial charge on any atom is 0.242 e. The summed E-state index contributed by atoms with van der Waals surface area (Å²) < 4.78 is 18.2. The van der Waals surface area contributed by atoms with Crippen molar-refractivity contribution in [1.29, 1.82) is 5.41 Å². The SMILES string of the molecule is COCCN1CN=CC1c1ccncc1NC(=O)C(C(=N)N)c1ncc(F)cn1. The molecule has 11 heteroatoms. The first-order valence-corrected chi connectivity index (χ1v) is 8.80. The summed E-state index contributed by atoms with van der Waals surface area (Å²) in [6, 6.07) is 1.62. The summed E-state index contributed by atoms with van der Waals surface area (Å²) in [6.45, 7) is 1.72. The first-order chi connectivity index (χ1) is 14.0. The van der Waals surface area contributed by atoms with E-state index in [1.54, 1.807) is 25.6 Å². The highest BCUT2D eigenvalue weighted by molar-refractivity contribution is 6.11. The van der Waals surface area contributed by atoms with Crippen molar-refractivity contribution >= 4 is 23.6 Å². The van der Waals surface area contributed by atoms with Crippen LogP contribution in [-0.2, 0) is 9.53 Å². The summed E-state index contributed by atoms with van der Waals surface area (Å²) in [5, 5.41) is 10.5. The number of hydrogen-bond acceptors (Lipinski definition) is 8. The number of amides is 1. The van der Waals surface area contributed by atoms with Crippen LogP contribution < -0.4 is 11.1 Å². The van der Waals surface area contributed by atoms with Gasteiger partial charge in [-0.05, 0) is 6.07 Å². The predicted molar refractivity (Wildman–Crippen MR) is 104 cm³/mol. The van der Waals surface area contributed by atoms with E-state index in [1.165, 1.54) is 6.20 Å². The lowest BCUT2D eigenvalue weighted by atomic mass is 10.0. The highest BCUT2D eigenvalue weighted by atomic mass is 19.1. The first-order valence-electron chi connectivity index (χ1n) is 8.80. The fourth-order valence-electron chi connectivity index (χ4n) is 2.97. The summed E-state index contributed by atoms with van der Waals surface area (Å²) in [6.07, 6.45) is 6.77. The number of anilines is 1. The molecular formula is C18H21FN8O2. The second-order valence-electron chi connectivity index (χ2n) is 6.32. The van der Waals surface area contributed by atoms with Gasteiger partial charge in [0.25, 0.3) is 0 Å². The summed E-state index contributed by atoms with van der Waals surface area (Å²) in [4.78, 5) is 30.9. The molecule has 0 saturated heterocycles. The molecule has 0 radical (unpaired) electrons. The largest absolute Gasteiger partial charge is 0.387 e. The number of carbonyl (C=O) groups excluding carboxylic acids is 1. The summed E-state index contributed by atoms with van der Waals surface area (Å²) in [5.74, 6) is -3.04. The molecule has 2 atom stereocenters. The van der Waals surface area contributed by atoms with Crippen LogP contribution in [0, 0.1) is 11.2 Å². The van der Waals surface area contributed by atoms with Crippen LogP contribution in [0.5, 0.6) is 0 Å². The number of nitrogens with one attached hydrogen (secondary N) is 2. The molecule has 2 aromatic heterocycles. The Morgan fingerprint density at radius 2 is 2.21 bits per heavy atom. The number of rotatable bonds is 8. The van der Waals surface area contributed by atoms with Gasteiger partial charge in [-0.1, -0.05) is 0 Å². The average Bonchev–Trinajstić information content (AvgIpc) is 3.16. The van der Waals surface area contributed by atoms with Crippen LogP contribution in [0.25, 0.3) is 0 Å². The second kappa shape index (κ2) is 9.26. The van der Waals surface area contributed by atoms with Gasteiger partial charge in [-0.15, -0.1) is 0 Å². The highest BCUT2D eigenvalue weighted by Gasteiger charge is 2.30. The number of carbonyl (C=O) groups is 1. The Kier molecular flexibility index (Phi) is 6.52. The molecule has 0 saturated carbocycles. The van der Waals surface area contributed by atoms with Crippen molar-refractivity contribution < 1.29 is 13.9 Å². The van der Waals surface area contributed by atoms with Crippen molar-refractivity contribution in [3.05, 3.63) is 48.1 Å². The summed E-state index contributed by atoms with van der Waals surface area (Å²) in [5.41, 5.74) is 6.82. The third-order valence-corrected chi connectivity index (χ3v) is 4.39. The third-order valence-electron chi connectivity index (χ3n) is 4.39. The van der Waals surface area contributed by atoms with Gasteiger partial charge in [-0.2, -0.15) is 0 Å². The Bertz CT molecular complexity index is 905. The number of methoxy groups -OCH3 is 1. The number of aromatic nitrogens is 3. The molecule has 29 heavy (non-hydrogen) atoms. The molecule has 2 aromatic rings. The molecular weight excluding hydrogens is 379 g/mol. The zero-order chi connectivity index (χ0) is 20.8. The molecule has 152 valence electrons. The number of halogens is 1. The molecule has 0 aliphatic carbocycles. The van der Waals surface area contributed by atoms with E-state index >= 15 is 0 Å². The van der Waals surface area contributed by atoms with Gasteiger partial charge < -0.3 is 15.8 Å². The molecule has 4 N–H and O–H groups in total. The monoisotopic (exact) mass is 400 g/mol. The van der Waals surface area contributed by atoms with Crippen molar-refractivity contribution in [2.75, 3.05) is 32.2 Å². The molecule has 0 spiro atoms. The van der Waals surface area contributed by atoms with Crippen LogP contribution in [0.4, 0.5) is 10.1 Å². The lowest BCUT2D eigenvalue weighted by Crippen LogP contribution is -2.34. The Morgan fingerprint density at radius 3 is 2.90 bits per heavy atom. The molecule has 3 rings (SSSR count). The molecule has 0 aromatic carbocycles. The minimum Gasteiger partial charge on any atom is -0.387 e. The fourth-order valence-corrected chi connectivity index (χ4v) is 2.97. The maximum absolute atomic E-state index is 13.1. The molecule has 2 unspecified atom stereocenters. The van der Waals surface area contributed by atoms with Gasteiger partial charge in [0.1, 0.15) is 11.7 Å². The van der Waals surface area contributed by atoms with Gasteiger partial charge in [0.15, 0.2) is 11.7 Å². The Balaban J connectivity index is 1.84. The van der Waals surface area contributed by atoms with E-state index in [4.69, 9.17) is 15.9 Å². The van der Waals surface area contributed by atoms with Crippen LogP contribution >= 0.6 is 0 Å². The Hall–Kier alpha value is -3.31. The minimum absolute atomic E-state index is 0.0639. The van der Waals surface area contributed by atoms with E-state index in [-0.39, 0.29) is 11.9 Å². The highest BCUT2D eigenvalue weighted by Crippen LogP contribution is 2.29. The Morgan fingerprint density at radius 1 is 1.45 bits per heavy atom. The van der Waals surface area contributed by atoms with Gasteiger partial charge in [0.05, 0.1) is 43.6 Å². The van der Waals surface area contributed by atoms with Crippen LogP contribution in [0.3, 0.4) is 0 Å². The topological polar surface area (TPSA) is 142 Å². The van der Waals surface area contributed by atoms with Gasteiger partial charge in [0, 0.05) is 31.6 Å². The van der Waals surface area contributed by atoms with Crippen LogP contribution in [-0.4, -0.2) is 64.7 Å². The zero-order valence-corrected chi connectivity index (χ0v) is 15.7. The number of pyridine rings is 1. The minimum atomic E-state index is -1.26. The maximum atomic E-state index is 13.1. The molecule has 3 heterocycles. The number of hydrogen-bond donors (Lipinski definition) is 3. The van der Waals surface area contributed by atoms with E-state index in [0.717, 1.165) is 18.0 Å². The lowest BCUT2D eigenvalue weighted by molar-refractivity contribution is -0.116. The van der Waals surface area contributed by atoms with Crippen LogP contribution in [0.2, 0.25) is 0 Å². The lowest BCUT2D eigenvalue weighted by Gasteiger charge is -2.25. The quantitative estimate of drug-likeness (QED) is 0.437. The fraction of sp³-hybridized carbons (Fsp3) is 0.333. The molecule has 10 nitrogen and oxygen atoms in total. The van der Waals surface area contributed by atoms with Gasteiger partial charge >= 0.3 is 0 Å². The molecule has 1 aliphatic rings. The smallest absolute Gasteiger partial charge is 0.242 e. The van der Waals surface area contributed by atoms with E-state index in [2.05, 4.69) is 30.2 Å². The van der Waals surface area contributed by atoms with E-state index in [9.17, 15) is 9.18 Å². The number of aliphatic imine (C=N–C) groups is 1. The second-order valence-corrected chi connectivity index (χ2v) is 6.32. The van der Waals surface area contributed by atoms with Crippen molar-refractivity contribution in [3.63, 3.8) is 0 Å². The number of nitrogens with two attached hydrogens (primary N) is 1. The van der Waals surface area contributed by atoms with E-state index < -0.39 is 23.5 Å². The number of ether oxygens (including phenoxy) is 1. The van der Waals surface area contributed by atoms with E-state index in [0.29, 0.717) is 25.5 Å². The normalized spacial score (nSPS) is 17.2. The van der Waals surface area contributed by atoms with Crippen molar-refractivity contribution in [2.24, 2.45) is 10.7 Å². The standard InChI is InChI=1S/C18H21FN8O2/c1-29-5-4-27-10-23-9-14(27)12-2-3-22-8-13(12)26-18(28)15(16(20)21)17-24-6-11(19)7-25-17/h2-3,6-9,14-15H,4-5,10H2,1H3,(H3,20,21)(H,26,28). The Labute approximate surface area is 166 Å². The molecule has 1 aliphatic heterocycles. The molecule has 0 fully saturated rings. The van der Waals surface area contributed by atoms with Crippen LogP contribution in [0.15, 0.2) is 35.8 Å². The zero-order valence-electron chi connectivity index (χ0n) is 15.7. The summed E-state index contributed by atoms with van der Waals surface area (Å²) in [7, 11) is 1.63. The number of nitrogens with zero attached hydrogens (tertiary/aromatic N) is 5. The van der Waals surface area contributed by atoms with E-state index in [1.807, 2.05) is 0 Å². The van der Waals surface area contributed by atoms with Gasteiger partial charge in [-0.25, -0.2) is 14.4 Å². The summed E-state index contributed by atoms with van der Waals surface area (Å²) >= 11 is 0. The number of amidine groups is 1. The first kappa shape index (κ1) is 20.4. The molecule has 0 bridgehead atoms. The van der Waals surface area contributed by atoms with Crippen LogP contribution in [0.1, 0.15) is 23.3 Å². The third kappa shape index (κ3) is 4.76. The van der Waals surface area contributed by atoms with Gasteiger partial charge in [0.2, 0.25) is 5.91 Å². The average molecular weight is 400 g/mol. The van der Waals surface area contributed by atoms with Gasteiger partial charge in [-0.3, -0.25) is 25.1 Å². The molecule has 1 amide bonds. The van der Waals surface area contributed by atoms with Crippen molar-refractivity contribution in [3.8, 4) is 0 Å².